The second-order valence-electron chi connectivity index (χ2n) is 12.5. The molecule has 0 aliphatic heterocycles. The molecule has 13 nitrogen and oxygen atoms in total. The third-order valence-corrected chi connectivity index (χ3v) is 6.43. The van der Waals surface area contributed by atoms with Crippen LogP contribution < -0.4 is 16.0 Å². The monoisotopic (exact) mass is 635 g/mol. The summed E-state index contributed by atoms with van der Waals surface area (Å²) in [5, 5.41) is 7.51. The van der Waals surface area contributed by atoms with Gasteiger partial charge in [-0.15, -0.1) is 0 Å². The molecule has 1 aromatic carbocycles. The Labute approximate surface area is 265 Å². The normalized spacial score (nSPS) is 13.9. The molecule has 0 aliphatic rings. The first-order valence-corrected chi connectivity index (χ1v) is 14.9. The lowest BCUT2D eigenvalue weighted by Crippen LogP contribution is -2.68. The van der Waals surface area contributed by atoms with Crippen molar-refractivity contribution >= 4 is 35.8 Å². The van der Waals surface area contributed by atoms with Crippen molar-refractivity contribution < 1.29 is 47.7 Å². The maximum absolute atomic E-state index is 14.1. The van der Waals surface area contributed by atoms with Crippen LogP contribution in [0.5, 0.6) is 0 Å². The molecular weight excluding hydrogens is 586 g/mol. The minimum atomic E-state index is -2.52. The number of nitrogens with one attached hydrogen (secondary N) is 3. The van der Waals surface area contributed by atoms with Crippen LogP contribution in [0.15, 0.2) is 30.3 Å². The van der Waals surface area contributed by atoms with Crippen molar-refractivity contribution in [3.63, 3.8) is 0 Å². The van der Waals surface area contributed by atoms with Crippen LogP contribution in [0.4, 0.5) is 4.79 Å². The van der Waals surface area contributed by atoms with Gasteiger partial charge in [-0.25, -0.2) is 14.4 Å². The highest BCUT2D eigenvalue weighted by Gasteiger charge is 2.51. The van der Waals surface area contributed by atoms with Gasteiger partial charge in [0.1, 0.15) is 24.3 Å². The summed E-state index contributed by atoms with van der Waals surface area (Å²) in [4.78, 5) is 79.5. The number of carbonyl (C=O) groups is 6. The number of methoxy groups -OCH3 is 2. The quantitative estimate of drug-likeness (QED) is 0.139. The predicted octanol–water partition coefficient (Wildman–Crippen LogP) is 3.18. The summed E-state index contributed by atoms with van der Waals surface area (Å²) in [5.74, 6) is -4.93. The molecule has 0 aromatic heterocycles. The fourth-order valence-corrected chi connectivity index (χ4v) is 4.28. The van der Waals surface area contributed by atoms with Crippen LogP contribution in [0, 0.1) is 11.8 Å². The van der Waals surface area contributed by atoms with Gasteiger partial charge in [-0.2, -0.15) is 0 Å². The Balaban J connectivity index is 3.66. The summed E-state index contributed by atoms with van der Waals surface area (Å²) >= 11 is 0. The van der Waals surface area contributed by atoms with E-state index in [4.69, 9.17) is 18.9 Å². The average Bonchev–Trinajstić information content (AvgIpc) is 2.95. The Morgan fingerprint density at radius 1 is 0.800 bits per heavy atom. The molecule has 0 saturated carbocycles. The van der Waals surface area contributed by atoms with E-state index in [-0.39, 0.29) is 31.3 Å². The van der Waals surface area contributed by atoms with Gasteiger partial charge in [0.05, 0.1) is 14.2 Å². The van der Waals surface area contributed by atoms with E-state index in [0.717, 1.165) is 14.2 Å². The first-order chi connectivity index (χ1) is 20.9. The lowest BCUT2D eigenvalue weighted by molar-refractivity contribution is -0.162. The van der Waals surface area contributed by atoms with Crippen molar-refractivity contribution in [1.82, 2.24) is 16.0 Å². The Hall–Kier alpha value is -4.16. The van der Waals surface area contributed by atoms with Crippen molar-refractivity contribution in [3.8, 4) is 0 Å². The third-order valence-electron chi connectivity index (χ3n) is 6.43. The van der Waals surface area contributed by atoms with Crippen molar-refractivity contribution in [1.29, 1.82) is 0 Å². The number of hydrogen-bond acceptors (Lipinski definition) is 10. The Morgan fingerprint density at radius 2 is 1.38 bits per heavy atom. The van der Waals surface area contributed by atoms with Gasteiger partial charge in [-0.1, -0.05) is 58.0 Å². The van der Waals surface area contributed by atoms with Crippen LogP contribution in [0.2, 0.25) is 0 Å². The SMILES string of the molecule is COC(=O)CCC(NC(=O)[C@H](CC(C)C)NC(=O)OC(C)(C)C)(C(=O)N[C@@H](CC(C)C)C(=O)OC)C(=O)OCc1ccccc1. The van der Waals surface area contributed by atoms with Crippen molar-refractivity contribution in [3.05, 3.63) is 35.9 Å². The summed E-state index contributed by atoms with van der Waals surface area (Å²) in [6, 6.07) is 6.18. The Kier molecular flexibility index (Phi) is 15.5. The highest BCUT2D eigenvalue weighted by Crippen LogP contribution is 2.21. The number of alkyl carbamates (subject to hydrolysis) is 1. The second-order valence-corrected chi connectivity index (χ2v) is 12.5. The molecule has 0 aliphatic carbocycles. The number of rotatable bonds is 16. The van der Waals surface area contributed by atoms with E-state index in [0.29, 0.717) is 5.56 Å². The second kappa shape index (κ2) is 18.0. The standard InChI is InChI=1S/C32H49N3O10/c1-20(2)17-23(34-30(41)45-31(5,6)7)26(37)35-32(16-15-25(36)42-8,29(40)44-19-22-13-11-10-12-14-22)28(39)33-24(18-21(3)4)27(38)43-9/h10-14,20-21,23-24H,15-19H2,1-9H3,(H,33,39)(H,34,41)(H,35,37)/t23-,24-,32?/m0/s1. The van der Waals surface area contributed by atoms with E-state index in [1.165, 1.54) is 0 Å². The van der Waals surface area contributed by atoms with Gasteiger partial charge in [0.25, 0.3) is 5.91 Å². The molecule has 0 radical (unpaired) electrons. The topological polar surface area (TPSA) is 175 Å². The first kappa shape index (κ1) is 38.9. The van der Waals surface area contributed by atoms with Gasteiger partial charge < -0.3 is 34.9 Å². The minimum Gasteiger partial charge on any atom is -0.469 e. The van der Waals surface area contributed by atoms with Crippen LogP contribution >= 0.6 is 0 Å². The average molecular weight is 636 g/mol. The molecular formula is C32H49N3O10. The van der Waals surface area contributed by atoms with Crippen LogP contribution in [0.25, 0.3) is 0 Å². The molecule has 0 saturated heterocycles. The van der Waals surface area contributed by atoms with Gasteiger partial charge in [0, 0.05) is 12.8 Å². The van der Waals surface area contributed by atoms with Gasteiger partial charge in [-0.3, -0.25) is 14.4 Å². The van der Waals surface area contributed by atoms with E-state index in [1.54, 1.807) is 51.1 Å². The van der Waals surface area contributed by atoms with Gasteiger partial charge >= 0.3 is 24.0 Å². The number of benzene rings is 1. The maximum Gasteiger partial charge on any atom is 0.408 e. The molecule has 0 heterocycles. The molecule has 3 amide bonds. The number of ether oxygens (including phenoxy) is 4. The maximum atomic E-state index is 14.1. The van der Waals surface area contributed by atoms with E-state index < -0.39 is 71.9 Å². The van der Waals surface area contributed by atoms with Crippen LogP contribution in [-0.2, 0) is 49.5 Å². The molecule has 1 rings (SSSR count). The summed E-state index contributed by atoms with van der Waals surface area (Å²) in [6.07, 6.45) is -1.69. The molecule has 1 unspecified atom stereocenters. The summed E-state index contributed by atoms with van der Waals surface area (Å²) in [7, 11) is 2.29. The predicted molar refractivity (Wildman–Crippen MR) is 164 cm³/mol. The smallest absolute Gasteiger partial charge is 0.408 e. The first-order valence-electron chi connectivity index (χ1n) is 14.9. The van der Waals surface area contributed by atoms with Gasteiger partial charge in [-0.05, 0) is 51.0 Å². The fourth-order valence-electron chi connectivity index (χ4n) is 4.28. The Bertz CT molecular complexity index is 1160. The number of esters is 3. The molecule has 0 fully saturated rings. The molecule has 252 valence electrons. The molecule has 0 spiro atoms. The zero-order valence-electron chi connectivity index (χ0n) is 27.8. The van der Waals surface area contributed by atoms with Crippen LogP contribution in [0.3, 0.4) is 0 Å². The summed E-state index contributed by atoms with van der Waals surface area (Å²) < 4.78 is 20.5. The van der Waals surface area contributed by atoms with Crippen molar-refractivity contribution in [2.45, 2.75) is 104 Å². The molecule has 0 bridgehead atoms. The lowest BCUT2D eigenvalue weighted by Gasteiger charge is -2.34. The van der Waals surface area contributed by atoms with Gasteiger partial charge in [0.2, 0.25) is 11.4 Å². The zero-order chi connectivity index (χ0) is 34.4. The van der Waals surface area contributed by atoms with E-state index in [2.05, 4.69) is 16.0 Å². The van der Waals surface area contributed by atoms with Crippen LogP contribution in [0.1, 0.15) is 79.7 Å². The largest absolute Gasteiger partial charge is 0.469 e. The van der Waals surface area contributed by atoms with E-state index in [9.17, 15) is 28.8 Å². The van der Waals surface area contributed by atoms with Crippen LogP contribution in [-0.4, -0.2) is 73.3 Å². The van der Waals surface area contributed by atoms with Gasteiger partial charge in [0.15, 0.2) is 0 Å². The number of hydrogen-bond donors (Lipinski definition) is 3. The summed E-state index contributed by atoms with van der Waals surface area (Å²) in [5.41, 5.74) is -2.79. The highest BCUT2D eigenvalue weighted by atomic mass is 16.6. The lowest BCUT2D eigenvalue weighted by atomic mass is 9.89. The molecule has 45 heavy (non-hydrogen) atoms. The Morgan fingerprint density at radius 3 is 1.89 bits per heavy atom. The van der Waals surface area contributed by atoms with E-state index >= 15 is 0 Å². The molecule has 3 atom stereocenters. The molecule has 1 aromatic rings. The zero-order valence-corrected chi connectivity index (χ0v) is 27.8. The van der Waals surface area contributed by atoms with E-state index in [1.807, 2.05) is 27.7 Å². The summed E-state index contributed by atoms with van der Waals surface area (Å²) in [6.45, 7) is 12.0. The molecule has 13 heteroatoms. The highest BCUT2D eigenvalue weighted by molar-refractivity contribution is 6.11. The molecule has 3 N–H and O–H groups in total. The number of carbonyl (C=O) groups excluding carboxylic acids is 6. The van der Waals surface area contributed by atoms with Crippen molar-refractivity contribution in [2.75, 3.05) is 14.2 Å². The minimum absolute atomic E-state index is 0.0769. The number of amides is 3. The fraction of sp³-hybridized carbons (Fsp3) is 0.625. The van der Waals surface area contributed by atoms with Crippen molar-refractivity contribution in [2.24, 2.45) is 11.8 Å². The third kappa shape index (κ3) is 13.6.